The van der Waals surface area contributed by atoms with Gasteiger partial charge in [0.2, 0.25) is 0 Å². The lowest BCUT2D eigenvalue weighted by Crippen LogP contribution is -2.29. The maximum absolute atomic E-state index is 12.3. The van der Waals surface area contributed by atoms with Gasteiger partial charge in [0.05, 0.1) is 30.6 Å². The predicted molar refractivity (Wildman–Crippen MR) is 112 cm³/mol. The van der Waals surface area contributed by atoms with E-state index in [0.29, 0.717) is 18.0 Å². The summed E-state index contributed by atoms with van der Waals surface area (Å²) in [6, 6.07) is 12.6. The summed E-state index contributed by atoms with van der Waals surface area (Å²) in [5, 5.41) is 4.77. The van der Waals surface area contributed by atoms with Gasteiger partial charge in [-0.05, 0) is 42.9 Å². The number of carbonyl (C=O) groups excluding carboxylic acids is 1. The van der Waals surface area contributed by atoms with E-state index in [0.717, 1.165) is 48.1 Å². The largest absolute Gasteiger partial charge is 0.465 e. The molecule has 0 spiro atoms. The molecule has 3 aromatic rings. The molecule has 0 unspecified atom stereocenters. The molecule has 0 aliphatic heterocycles. The Morgan fingerprint density at radius 3 is 2.62 bits per heavy atom. The highest BCUT2D eigenvalue weighted by atomic mass is 16.5. The number of nitrogens with zero attached hydrogens (tertiary/aromatic N) is 3. The number of esters is 1. The molecule has 2 aromatic heterocycles. The predicted octanol–water partition coefficient (Wildman–Crippen LogP) is 3.76. The van der Waals surface area contributed by atoms with Crippen molar-refractivity contribution in [1.82, 2.24) is 14.8 Å². The SMILES string of the molecule is COC(=O)c1ccncc1Cc1c(-c2ccccc2)cnn1C1CCC(N)CC1. The van der Waals surface area contributed by atoms with E-state index in [-0.39, 0.29) is 12.0 Å². The fraction of sp³-hybridized carbons (Fsp3) is 0.348. The molecule has 1 aromatic carbocycles. The fourth-order valence-electron chi connectivity index (χ4n) is 4.14. The Morgan fingerprint density at radius 1 is 1.14 bits per heavy atom. The van der Waals surface area contributed by atoms with Gasteiger partial charge >= 0.3 is 5.97 Å². The number of rotatable bonds is 5. The van der Waals surface area contributed by atoms with Gasteiger partial charge in [-0.15, -0.1) is 0 Å². The van der Waals surface area contributed by atoms with E-state index in [2.05, 4.69) is 21.8 Å². The van der Waals surface area contributed by atoms with Crippen LogP contribution >= 0.6 is 0 Å². The molecule has 6 heteroatoms. The molecule has 0 bridgehead atoms. The first-order chi connectivity index (χ1) is 14.2. The topological polar surface area (TPSA) is 83.0 Å². The fourth-order valence-corrected chi connectivity index (χ4v) is 4.14. The van der Waals surface area contributed by atoms with E-state index in [9.17, 15) is 4.79 Å². The van der Waals surface area contributed by atoms with Crippen molar-refractivity contribution in [3.8, 4) is 11.1 Å². The molecule has 150 valence electrons. The van der Waals surface area contributed by atoms with Crippen LogP contribution in [-0.4, -0.2) is 33.9 Å². The van der Waals surface area contributed by atoms with Crippen LogP contribution in [-0.2, 0) is 11.2 Å². The van der Waals surface area contributed by atoms with Crippen molar-refractivity contribution in [1.29, 1.82) is 0 Å². The van der Waals surface area contributed by atoms with Crippen LogP contribution in [0.4, 0.5) is 0 Å². The van der Waals surface area contributed by atoms with Gasteiger partial charge in [-0.1, -0.05) is 30.3 Å². The van der Waals surface area contributed by atoms with E-state index >= 15 is 0 Å². The molecule has 4 rings (SSSR count). The molecule has 1 aliphatic rings. The first-order valence-electron chi connectivity index (χ1n) is 10.1. The Labute approximate surface area is 170 Å². The molecule has 6 nitrogen and oxygen atoms in total. The molecule has 1 saturated carbocycles. The van der Waals surface area contributed by atoms with Crippen LogP contribution in [0.25, 0.3) is 11.1 Å². The summed E-state index contributed by atoms with van der Waals surface area (Å²) in [6.45, 7) is 0. The zero-order valence-electron chi connectivity index (χ0n) is 16.6. The third-order valence-corrected chi connectivity index (χ3v) is 5.74. The number of pyridine rings is 1. The summed E-state index contributed by atoms with van der Waals surface area (Å²) in [7, 11) is 1.40. The second-order valence-electron chi connectivity index (χ2n) is 7.59. The third-order valence-electron chi connectivity index (χ3n) is 5.74. The minimum absolute atomic E-state index is 0.281. The van der Waals surface area contributed by atoms with E-state index in [1.54, 1.807) is 18.5 Å². The standard InChI is InChI=1S/C23H26N4O2/c1-29-23(28)20-11-12-25-14-17(20)13-22-21(16-5-3-2-4-6-16)15-26-27(22)19-9-7-18(24)8-10-19/h2-6,11-12,14-15,18-19H,7-10,13,24H2,1H3. The van der Waals surface area contributed by atoms with Gasteiger partial charge in [-0.25, -0.2) is 4.79 Å². The zero-order chi connectivity index (χ0) is 20.2. The first-order valence-corrected chi connectivity index (χ1v) is 10.1. The van der Waals surface area contributed by atoms with Gasteiger partial charge in [0.15, 0.2) is 0 Å². The Bertz CT molecular complexity index is 976. The molecule has 1 aliphatic carbocycles. The van der Waals surface area contributed by atoms with Crippen LogP contribution in [0.15, 0.2) is 55.0 Å². The number of benzene rings is 1. The Hall–Kier alpha value is -2.99. The number of hydrogen-bond acceptors (Lipinski definition) is 5. The Balaban J connectivity index is 1.76. The van der Waals surface area contributed by atoms with Gasteiger partial charge < -0.3 is 10.5 Å². The van der Waals surface area contributed by atoms with Gasteiger partial charge in [0, 0.05) is 30.4 Å². The van der Waals surface area contributed by atoms with Crippen LogP contribution in [0.5, 0.6) is 0 Å². The summed E-state index contributed by atoms with van der Waals surface area (Å²) in [5.74, 6) is -0.349. The summed E-state index contributed by atoms with van der Waals surface area (Å²) >= 11 is 0. The summed E-state index contributed by atoms with van der Waals surface area (Å²) in [5.41, 5.74) is 10.8. The summed E-state index contributed by atoms with van der Waals surface area (Å²) in [4.78, 5) is 16.5. The van der Waals surface area contributed by atoms with Crippen LogP contribution in [0.1, 0.15) is 53.3 Å². The van der Waals surface area contributed by atoms with Crippen molar-refractivity contribution in [3.63, 3.8) is 0 Å². The highest BCUT2D eigenvalue weighted by Crippen LogP contribution is 2.33. The van der Waals surface area contributed by atoms with Crippen LogP contribution in [0.3, 0.4) is 0 Å². The highest BCUT2D eigenvalue weighted by molar-refractivity contribution is 5.91. The van der Waals surface area contributed by atoms with Crippen LogP contribution in [0.2, 0.25) is 0 Å². The molecule has 1 fully saturated rings. The molecule has 2 N–H and O–H groups in total. The second kappa shape index (κ2) is 8.57. The Kier molecular flexibility index (Phi) is 5.71. The highest BCUT2D eigenvalue weighted by Gasteiger charge is 2.25. The molecule has 0 radical (unpaired) electrons. The normalized spacial score (nSPS) is 19.1. The second-order valence-corrected chi connectivity index (χ2v) is 7.59. The number of methoxy groups -OCH3 is 1. The van der Waals surface area contributed by atoms with E-state index < -0.39 is 0 Å². The number of carbonyl (C=O) groups is 1. The summed E-state index contributed by atoms with van der Waals surface area (Å²) < 4.78 is 7.11. The lowest BCUT2D eigenvalue weighted by Gasteiger charge is -2.28. The maximum atomic E-state index is 12.3. The lowest BCUT2D eigenvalue weighted by atomic mass is 9.91. The molecule has 2 heterocycles. The molecular weight excluding hydrogens is 364 g/mol. The smallest absolute Gasteiger partial charge is 0.338 e. The zero-order valence-corrected chi connectivity index (χ0v) is 16.6. The minimum atomic E-state index is -0.349. The number of hydrogen-bond donors (Lipinski definition) is 1. The van der Waals surface area contributed by atoms with Crippen molar-refractivity contribution in [2.45, 2.75) is 44.2 Å². The quantitative estimate of drug-likeness (QED) is 0.671. The van der Waals surface area contributed by atoms with Crippen molar-refractivity contribution in [2.24, 2.45) is 5.73 Å². The van der Waals surface area contributed by atoms with Gasteiger partial charge in [-0.2, -0.15) is 5.10 Å². The number of nitrogens with two attached hydrogens (primary N) is 1. The molecular formula is C23H26N4O2. The number of ether oxygens (including phenoxy) is 1. The maximum Gasteiger partial charge on any atom is 0.338 e. The van der Waals surface area contributed by atoms with Gasteiger partial charge in [0.1, 0.15) is 0 Å². The number of aromatic nitrogens is 3. The van der Waals surface area contributed by atoms with E-state index in [1.165, 1.54) is 7.11 Å². The van der Waals surface area contributed by atoms with Crippen LogP contribution in [0, 0.1) is 0 Å². The minimum Gasteiger partial charge on any atom is -0.465 e. The van der Waals surface area contributed by atoms with E-state index in [4.69, 9.17) is 15.6 Å². The van der Waals surface area contributed by atoms with Gasteiger partial charge in [-0.3, -0.25) is 9.67 Å². The van der Waals surface area contributed by atoms with Crippen molar-refractivity contribution in [2.75, 3.05) is 7.11 Å². The van der Waals surface area contributed by atoms with E-state index in [1.807, 2.05) is 24.4 Å². The average Bonchev–Trinajstić information content (AvgIpc) is 3.18. The lowest BCUT2D eigenvalue weighted by molar-refractivity contribution is 0.0599. The van der Waals surface area contributed by atoms with Gasteiger partial charge in [0.25, 0.3) is 0 Å². The monoisotopic (exact) mass is 390 g/mol. The van der Waals surface area contributed by atoms with Crippen molar-refractivity contribution < 1.29 is 9.53 Å². The van der Waals surface area contributed by atoms with Crippen molar-refractivity contribution >= 4 is 5.97 Å². The first kappa shape index (κ1) is 19.3. The van der Waals surface area contributed by atoms with Crippen molar-refractivity contribution in [3.05, 3.63) is 71.8 Å². The molecule has 0 saturated heterocycles. The molecule has 29 heavy (non-hydrogen) atoms. The third kappa shape index (κ3) is 4.07. The average molecular weight is 390 g/mol. The van der Waals surface area contributed by atoms with Crippen LogP contribution < -0.4 is 5.73 Å². The summed E-state index contributed by atoms with van der Waals surface area (Å²) in [6.07, 6.45) is 9.90. The molecule has 0 amide bonds. The Morgan fingerprint density at radius 2 is 1.90 bits per heavy atom. The molecule has 0 atom stereocenters.